The Kier molecular flexibility index (Phi) is 32.4. The number of carbonyl (C=O) groups excluding carboxylic acids is 3. The van der Waals surface area contributed by atoms with E-state index >= 15 is 0 Å². The van der Waals surface area contributed by atoms with Crippen molar-refractivity contribution in [2.24, 2.45) is 11.8 Å². The van der Waals surface area contributed by atoms with Crippen LogP contribution >= 0.6 is 7.82 Å². The van der Waals surface area contributed by atoms with Crippen LogP contribution in [0.25, 0.3) is 0 Å². The second kappa shape index (κ2) is 35.5. The van der Waals surface area contributed by atoms with E-state index in [1.54, 1.807) is 12.2 Å². The van der Waals surface area contributed by atoms with E-state index in [0.717, 1.165) is 44.9 Å². The lowest BCUT2D eigenvalue weighted by molar-refractivity contribution is -0.161. The summed E-state index contributed by atoms with van der Waals surface area (Å²) in [7, 11) is -4.69. The zero-order chi connectivity index (χ0) is 43.4. The molecule has 0 aromatic heterocycles. The van der Waals surface area contributed by atoms with Crippen LogP contribution in [0, 0.1) is 11.8 Å². The third-order valence-corrected chi connectivity index (χ3v) is 10.2. The fourth-order valence-corrected chi connectivity index (χ4v) is 6.59. The fourth-order valence-electron chi connectivity index (χ4n) is 5.80. The maximum absolute atomic E-state index is 12.6. The average Bonchev–Trinajstić information content (AvgIpc) is 3.57. The van der Waals surface area contributed by atoms with Crippen molar-refractivity contribution in [1.29, 1.82) is 0 Å². The number of carbonyl (C=O) groups is 3. The van der Waals surface area contributed by atoms with E-state index < -0.39 is 64.5 Å². The molecule has 12 nitrogen and oxygen atoms in total. The number of hydrogen-bond donors (Lipinski definition) is 4. The SMILES string of the molecule is CCCCC/C=C\C/C=C\C/C=C\C/C=C\CCCC(=O)O[C@H](COC(=O)CCC/C=C\C[C@H]1C=CC(=O)[C@@H]1/C=C/[C@@H](O)CCCCC)COP(=O)(O)OC[C@@H](O)CO. The Labute approximate surface area is 353 Å². The molecule has 334 valence electrons. The van der Waals surface area contributed by atoms with E-state index in [0.29, 0.717) is 38.5 Å². The molecule has 0 aliphatic heterocycles. The molecule has 1 unspecified atom stereocenters. The molecule has 1 aliphatic carbocycles. The van der Waals surface area contributed by atoms with Crippen LogP contribution in [-0.2, 0) is 37.5 Å². The summed E-state index contributed by atoms with van der Waals surface area (Å²) < 4.78 is 32.6. The summed E-state index contributed by atoms with van der Waals surface area (Å²) in [4.78, 5) is 47.5. The highest BCUT2D eigenvalue weighted by molar-refractivity contribution is 7.47. The number of aliphatic hydroxyl groups excluding tert-OH is 3. The first-order valence-electron chi connectivity index (χ1n) is 21.6. The Bertz CT molecular complexity index is 1400. The smallest absolute Gasteiger partial charge is 0.462 e. The Hall–Kier alpha value is -3.22. The number of unbranched alkanes of at least 4 members (excludes halogenated alkanes) is 7. The van der Waals surface area contributed by atoms with Crippen molar-refractivity contribution in [3.63, 3.8) is 0 Å². The Balaban J connectivity index is 2.49. The summed E-state index contributed by atoms with van der Waals surface area (Å²) in [6.45, 7) is 1.94. The Morgan fingerprint density at radius 2 is 1.31 bits per heavy atom. The van der Waals surface area contributed by atoms with E-state index in [4.69, 9.17) is 19.1 Å². The molecule has 0 heterocycles. The lowest BCUT2D eigenvalue weighted by Crippen LogP contribution is -2.29. The van der Waals surface area contributed by atoms with Crippen LogP contribution in [-0.4, -0.2) is 82.7 Å². The van der Waals surface area contributed by atoms with Gasteiger partial charge in [0, 0.05) is 18.8 Å². The van der Waals surface area contributed by atoms with E-state index in [2.05, 4.69) is 54.8 Å². The third-order valence-electron chi connectivity index (χ3n) is 9.27. The molecular formula is C46H73O12P. The fraction of sp³-hybridized carbons (Fsp3) is 0.630. The van der Waals surface area contributed by atoms with E-state index in [-0.39, 0.29) is 30.5 Å². The van der Waals surface area contributed by atoms with Gasteiger partial charge in [-0.3, -0.25) is 23.4 Å². The molecule has 0 fully saturated rings. The van der Waals surface area contributed by atoms with E-state index in [1.165, 1.54) is 19.3 Å². The van der Waals surface area contributed by atoms with Gasteiger partial charge in [-0.2, -0.15) is 0 Å². The van der Waals surface area contributed by atoms with Gasteiger partial charge in [0.15, 0.2) is 11.9 Å². The monoisotopic (exact) mass is 848 g/mol. The van der Waals surface area contributed by atoms with Crippen molar-refractivity contribution >= 4 is 25.5 Å². The van der Waals surface area contributed by atoms with Gasteiger partial charge in [0.05, 0.1) is 25.9 Å². The highest BCUT2D eigenvalue weighted by Crippen LogP contribution is 2.43. The summed E-state index contributed by atoms with van der Waals surface area (Å²) in [5.41, 5.74) is 0. The zero-order valence-corrected chi connectivity index (χ0v) is 36.4. The molecule has 59 heavy (non-hydrogen) atoms. The van der Waals surface area contributed by atoms with Crippen LogP contribution in [0.3, 0.4) is 0 Å². The van der Waals surface area contributed by atoms with Gasteiger partial charge in [-0.25, -0.2) is 4.57 Å². The van der Waals surface area contributed by atoms with Crippen molar-refractivity contribution < 1.29 is 57.7 Å². The molecule has 4 N–H and O–H groups in total. The van der Waals surface area contributed by atoms with Gasteiger partial charge in [-0.15, -0.1) is 0 Å². The first kappa shape index (κ1) is 53.8. The second-order valence-electron chi connectivity index (χ2n) is 14.7. The summed E-state index contributed by atoms with van der Waals surface area (Å²) >= 11 is 0. The molecule has 0 spiro atoms. The minimum atomic E-state index is -4.69. The largest absolute Gasteiger partial charge is 0.472 e. The Morgan fingerprint density at radius 3 is 1.93 bits per heavy atom. The normalized spacial score (nSPS) is 18.6. The summed E-state index contributed by atoms with van der Waals surface area (Å²) in [5, 5.41) is 28.6. The molecule has 1 aliphatic rings. The number of ketones is 1. The van der Waals surface area contributed by atoms with Crippen LogP contribution in [0.4, 0.5) is 0 Å². The number of phosphoric acid groups is 1. The second-order valence-corrected chi connectivity index (χ2v) is 16.1. The lowest BCUT2D eigenvalue weighted by atomic mass is 9.90. The Morgan fingerprint density at radius 1 is 0.746 bits per heavy atom. The molecule has 1 rings (SSSR count). The summed E-state index contributed by atoms with van der Waals surface area (Å²) in [6, 6.07) is 0. The van der Waals surface area contributed by atoms with Crippen molar-refractivity contribution in [3.05, 3.63) is 85.1 Å². The molecule has 0 saturated carbocycles. The molecule has 0 aromatic rings. The molecule has 13 heteroatoms. The van der Waals surface area contributed by atoms with Crippen LogP contribution in [0.1, 0.15) is 129 Å². The summed E-state index contributed by atoms with van der Waals surface area (Å²) in [5.74, 6) is -1.43. The van der Waals surface area contributed by atoms with Gasteiger partial charge in [-0.05, 0) is 82.6 Å². The van der Waals surface area contributed by atoms with Gasteiger partial charge >= 0.3 is 19.8 Å². The van der Waals surface area contributed by atoms with Crippen molar-refractivity contribution in [1.82, 2.24) is 0 Å². The third kappa shape index (κ3) is 30.5. The van der Waals surface area contributed by atoms with Gasteiger partial charge in [0.2, 0.25) is 0 Å². The molecule has 0 bridgehead atoms. The molecule has 0 radical (unpaired) electrons. The average molecular weight is 849 g/mol. The number of ether oxygens (including phenoxy) is 2. The molecule has 0 saturated heterocycles. The predicted octanol–water partition coefficient (Wildman–Crippen LogP) is 9.06. The minimum absolute atomic E-state index is 0.00311. The number of rotatable bonds is 36. The van der Waals surface area contributed by atoms with Crippen LogP contribution in [0.2, 0.25) is 0 Å². The predicted molar refractivity (Wildman–Crippen MR) is 232 cm³/mol. The molecule has 0 amide bonds. The summed E-state index contributed by atoms with van der Waals surface area (Å²) in [6.07, 6.45) is 39.0. The molecule has 6 atom stereocenters. The standard InChI is InChI=1S/C46H73O12P/c1-3-5-7-8-9-10-11-12-13-14-15-16-17-18-19-20-26-30-46(52)58-42(38-57-59(53,54)56-36-41(49)35-47)37-55-45(51)29-25-22-21-24-27-39-31-34-44(50)43(39)33-32-40(48)28-23-6-4-2/h9-10,12-13,15-16,18-19,21,24,31-34,39-43,47-49H,3-8,11,14,17,20,22-23,25-30,35-38H2,1-2H3,(H,53,54)/b10-9-,13-12-,16-15-,19-18-,24-21-,33-32+/t39-,40-,41-,42+,43+/m0/s1. The van der Waals surface area contributed by atoms with Gasteiger partial charge in [-0.1, -0.05) is 125 Å². The van der Waals surface area contributed by atoms with Gasteiger partial charge in [0.25, 0.3) is 0 Å². The highest BCUT2D eigenvalue weighted by atomic mass is 31.2. The maximum Gasteiger partial charge on any atom is 0.472 e. The van der Waals surface area contributed by atoms with Gasteiger partial charge < -0.3 is 29.7 Å². The minimum Gasteiger partial charge on any atom is -0.462 e. The van der Waals surface area contributed by atoms with E-state index in [9.17, 15) is 34.1 Å². The quantitative estimate of drug-likeness (QED) is 0.0203. The number of aliphatic hydroxyl groups is 3. The highest BCUT2D eigenvalue weighted by Gasteiger charge is 2.28. The van der Waals surface area contributed by atoms with Crippen LogP contribution < -0.4 is 0 Å². The van der Waals surface area contributed by atoms with Crippen LogP contribution in [0.15, 0.2) is 85.1 Å². The van der Waals surface area contributed by atoms with Gasteiger partial charge in [0.1, 0.15) is 12.7 Å². The topological polar surface area (TPSA) is 186 Å². The van der Waals surface area contributed by atoms with Crippen molar-refractivity contribution in [3.8, 4) is 0 Å². The van der Waals surface area contributed by atoms with Crippen LogP contribution in [0.5, 0.6) is 0 Å². The van der Waals surface area contributed by atoms with E-state index in [1.807, 2.05) is 36.5 Å². The lowest BCUT2D eigenvalue weighted by Gasteiger charge is -2.20. The van der Waals surface area contributed by atoms with Crippen molar-refractivity contribution in [2.45, 2.75) is 148 Å². The number of esters is 2. The zero-order valence-electron chi connectivity index (χ0n) is 35.5. The van der Waals surface area contributed by atoms with Crippen molar-refractivity contribution in [2.75, 3.05) is 26.4 Å². The molecule has 0 aromatic carbocycles. The molecular weight excluding hydrogens is 775 g/mol. The first-order valence-corrected chi connectivity index (χ1v) is 23.1. The number of phosphoric ester groups is 1. The first-order chi connectivity index (χ1) is 28.5. The number of hydrogen-bond acceptors (Lipinski definition) is 11. The number of allylic oxidation sites excluding steroid dienone is 13. The maximum atomic E-state index is 12.6.